The van der Waals surface area contributed by atoms with Crippen molar-refractivity contribution in [3.63, 3.8) is 0 Å². The van der Waals surface area contributed by atoms with Crippen LogP contribution in [0.5, 0.6) is 0 Å². The average molecular weight is 272 g/mol. The molecule has 3 unspecified atom stereocenters. The second-order valence-corrected chi connectivity index (χ2v) is 4.85. The molecule has 2 N–H and O–H groups in total. The monoisotopic (exact) mass is 272 g/mol. The van der Waals surface area contributed by atoms with Crippen LogP contribution in [0.2, 0.25) is 0 Å². The number of ether oxygens (including phenoxy) is 2. The molecule has 0 aromatic carbocycles. The molecule has 3 atom stereocenters. The van der Waals surface area contributed by atoms with E-state index < -0.39 is 17.9 Å². The molecule has 0 aromatic rings. The molecule has 7 heteroatoms. The summed E-state index contributed by atoms with van der Waals surface area (Å²) < 4.78 is 10.4. The molecule has 0 aromatic heterocycles. The lowest BCUT2D eigenvalue weighted by Gasteiger charge is -2.30. The fourth-order valence-corrected chi connectivity index (χ4v) is 2.52. The number of urea groups is 1. The maximum absolute atomic E-state index is 12.2. The summed E-state index contributed by atoms with van der Waals surface area (Å²) in [6.45, 7) is 3.91. The van der Waals surface area contributed by atoms with Crippen molar-refractivity contribution < 1.29 is 24.2 Å². The van der Waals surface area contributed by atoms with Gasteiger partial charge in [-0.05, 0) is 13.3 Å². The van der Waals surface area contributed by atoms with Crippen LogP contribution in [0.25, 0.3) is 0 Å². The molecule has 0 spiro atoms. The second kappa shape index (κ2) is 6.21. The van der Waals surface area contributed by atoms with Gasteiger partial charge in [-0.3, -0.25) is 4.79 Å². The fraction of sp³-hybridized carbons (Fsp3) is 0.833. The highest BCUT2D eigenvalue weighted by Crippen LogP contribution is 2.20. The van der Waals surface area contributed by atoms with Gasteiger partial charge in [0, 0.05) is 13.2 Å². The lowest BCUT2D eigenvalue weighted by molar-refractivity contribution is -0.142. The SMILES string of the molecule is CCN(C(=O)NC1CCOC1)C1COCC1C(=O)O. The molecule has 2 aliphatic heterocycles. The Kier molecular flexibility index (Phi) is 4.60. The number of carboxylic acids is 1. The van der Waals surface area contributed by atoms with E-state index in [1.165, 1.54) is 0 Å². The minimum Gasteiger partial charge on any atom is -0.481 e. The molecule has 2 heterocycles. The van der Waals surface area contributed by atoms with Crippen LogP contribution in [0, 0.1) is 5.92 Å². The topological polar surface area (TPSA) is 88.1 Å². The van der Waals surface area contributed by atoms with Crippen molar-refractivity contribution in [2.45, 2.75) is 25.4 Å². The van der Waals surface area contributed by atoms with Crippen molar-refractivity contribution in [1.82, 2.24) is 10.2 Å². The highest BCUT2D eigenvalue weighted by molar-refractivity contribution is 5.77. The summed E-state index contributed by atoms with van der Waals surface area (Å²) in [5.74, 6) is -1.57. The Bertz CT molecular complexity index is 343. The summed E-state index contributed by atoms with van der Waals surface area (Å²) in [5.41, 5.74) is 0. The van der Waals surface area contributed by atoms with Gasteiger partial charge in [-0.25, -0.2) is 4.79 Å². The summed E-state index contributed by atoms with van der Waals surface area (Å²) in [4.78, 5) is 24.9. The number of carbonyl (C=O) groups excluding carboxylic acids is 1. The van der Waals surface area contributed by atoms with E-state index in [2.05, 4.69) is 5.32 Å². The van der Waals surface area contributed by atoms with Crippen LogP contribution in [-0.2, 0) is 14.3 Å². The van der Waals surface area contributed by atoms with Gasteiger partial charge in [-0.1, -0.05) is 0 Å². The van der Waals surface area contributed by atoms with Crippen molar-refractivity contribution in [2.24, 2.45) is 5.92 Å². The molecule has 7 nitrogen and oxygen atoms in total. The van der Waals surface area contributed by atoms with Crippen molar-refractivity contribution in [2.75, 3.05) is 33.0 Å². The first-order valence-electron chi connectivity index (χ1n) is 6.59. The van der Waals surface area contributed by atoms with E-state index in [0.717, 1.165) is 6.42 Å². The molecule has 2 rings (SSSR count). The number of likely N-dealkylation sites (N-methyl/N-ethyl adjacent to an activating group) is 1. The molecule has 2 saturated heterocycles. The van der Waals surface area contributed by atoms with E-state index in [0.29, 0.717) is 19.8 Å². The van der Waals surface area contributed by atoms with Crippen molar-refractivity contribution in [1.29, 1.82) is 0 Å². The van der Waals surface area contributed by atoms with Crippen LogP contribution in [0.1, 0.15) is 13.3 Å². The quantitative estimate of drug-likeness (QED) is 0.746. The lowest BCUT2D eigenvalue weighted by Crippen LogP contribution is -2.52. The number of hydrogen-bond donors (Lipinski definition) is 2. The van der Waals surface area contributed by atoms with Gasteiger partial charge in [0.15, 0.2) is 0 Å². The Hall–Kier alpha value is -1.34. The van der Waals surface area contributed by atoms with E-state index in [-0.39, 0.29) is 25.3 Å². The summed E-state index contributed by atoms with van der Waals surface area (Å²) >= 11 is 0. The number of carbonyl (C=O) groups is 2. The van der Waals surface area contributed by atoms with Crippen molar-refractivity contribution in [3.05, 3.63) is 0 Å². The Balaban J connectivity index is 1.97. The Labute approximate surface area is 111 Å². The van der Waals surface area contributed by atoms with E-state index >= 15 is 0 Å². The minimum atomic E-state index is -0.919. The molecule has 2 aliphatic rings. The zero-order valence-electron chi connectivity index (χ0n) is 11.0. The van der Waals surface area contributed by atoms with Gasteiger partial charge in [0.05, 0.1) is 31.9 Å². The maximum Gasteiger partial charge on any atom is 0.318 e. The third kappa shape index (κ3) is 3.16. The molecule has 0 bridgehead atoms. The van der Waals surface area contributed by atoms with Gasteiger partial charge in [0.1, 0.15) is 5.92 Å². The van der Waals surface area contributed by atoms with Crippen LogP contribution >= 0.6 is 0 Å². The summed E-state index contributed by atoms with van der Waals surface area (Å²) in [6, 6.07) is -0.614. The zero-order valence-corrected chi connectivity index (χ0v) is 11.0. The Morgan fingerprint density at radius 1 is 1.32 bits per heavy atom. The second-order valence-electron chi connectivity index (χ2n) is 4.85. The van der Waals surface area contributed by atoms with Crippen LogP contribution < -0.4 is 5.32 Å². The van der Waals surface area contributed by atoms with Gasteiger partial charge in [0.25, 0.3) is 0 Å². The molecule has 0 radical (unpaired) electrons. The van der Waals surface area contributed by atoms with Gasteiger partial charge in [0.2, 0.25) is 0 Å². The van der Waals surface area contributed by atoms with Crippen molar-refractivity contribution in [3.8, 4) is 0 Å². The van der Waals surface area contributed by atoms with E-state index in [4.69, 9.17) is 14.6 Å². The summed E-state index contributed by atoms with van der Waals surface area (Å²) in [6.07, 6.45) is 0.798. The minimum absolute atomic E-state index is 0.0205. The predicted octanol–water partition coefficient (Wildman–Crippen LogP) is -0.0936. The van der Waals surface area contributed by atoms with Gasteiger partial charge >= 0.3 is 12.0 Å². The molecule has 2 fully saturated rings. The number of carboxylic acid groups (broad SMARTS) is 1. The number of nitrogens with one attached hydrogen (secondary N) is 1. The lowest BCUT2D eigenvalue weighted by atomic mass is 10.0. The molecule has 19 heavy (non-hydrogen) atoms. The highest BCUT2D eigenvalue weighted by atomic mass is 16.5. The fourth-order valence-electron chi connectivity index (χ4n) is 2.52. The van der Waals surface area contributed by atoms with Gasteiger partial charge in [-0.2, -0.15) is 0 Å². The standard InChI is InChI=1S/C12H20N2O5/c1-2-14(10-7-19-6-9(10)11(15)16)12(17)13-8-3-4-18-5-8/h8-10H,2-7H2,1H3,(H,13,17)(H,15,16). The molecule has 0 saturated carbocycles. The number of aliphatic carboxylic acids is 1. The molecule has 2 amide bonds. The Morgan fingerprint density at radius 2 is 2.11 bits per heavy atom. The summed E-state index contributed by atoms with van der Waals surface area (Å²) in [5, 5.41) is 12.0. The normalized spacial score (nSPS) is 30.3. The van der Waals surface area contributed by atoms with Crippen LogP contribution in [0.15, 0.2) is 0 Å². The van der Waals surface area contributed by atoms with E-state index in [1.54, 1.807) is 4.90 Å². The number of nitrogens with zero attached hydrogens (tertiary/aromatic N) is 1. The molecular weight excluding hydrogens is 252 g/mol. The van der Waals surface area contributed by atoms with Crippen LogP contribution in [-0.4, -0.2) is 67.1 Å². The van der Waals surface area contributed by atoms with E-state index in [9.17, 15) is 9.59 Å². The van der Waals surface area contributed by atoms with Gasteiger partial charge in [-0.15, -0.1) is 0 Å². The largest absolute Gasteiger partial charge is 0.481 e. The molecule has 108 valence electrons. The molecule has 0 aliphatic carbocycles. The maximum atomic E-state index is 12.2. The van der Waals surface area contributed by atoms with Crippen molar-refractivity contribution >= 4 is 12.0 Å². The first-order chi connectivity index (χ1) is 9.13. The average Bonchev–Trinajstić information content (AvgIpc) is 3.00. The van der Waals surface area contributed by atoms with E-state index in [1.807, 2.05) is 6.92 Å². The van der Waals surface area contributed by atoms with Gasteiger partial charge < -0.3 is 24.8 Å². The predicted molar refractivity (Wildman–Crippen MR) is 65.9 cm³/mol. The number of hydrogen-bond acceptors (Lipinski definition) is 4. The molecular formula is C12H20N2O5. The highest BCUT2D eigenvalue weighted by Gasteiger charge is 2.39. The third-order valence-electron chi connectivity index (χ3n) is 3.63. The smallest absolute Gasteiger partial charge is 0.318 e. The number of amides is 2. The van der Waals surface area contributed by atoms with Crippen LogP contribution in [0.4, 0.5) is 4.79 Å². The zero-order chi connectivity index (χ0) is 13.8. The summed E-state index contributed by atoms with van der Waals surface area (Å²) in [7, 11) is 0. The Morgan fingerprint density at radius 3 is 2.68 bits per heavy atom. The van der Waals surface area contributed by atoms with Crippen LogP contribution in [0.3, 0.4) is 0 Å². The number of rotatable bonds is 4. The third-order valence-corrected chi connectivity index (χ3v) is 3.63. The first-order valence-corrected chi connectivity index (χ1v) is 6.59. The first kappa shape index (κ1) is 14.1.